The molecule has 0 bridgehead atoms. The first-order valence-electron chi connectivity index (χ1n) is 8.21. The topological polar surface area (TPSA) is 113 Å². The van der Waals surface area contributed by atoms with Gasteiger partial charge in [-0.2, -0.15) is 5.10 Å². The summed E-state index contributed by atoms with van der Waals surface area (Å²) in [6, 6.07) is 1.93. The molecule has 1 saturated heterocycles. The molecule has 0 radical (unpaired) electrons. The van der Waals surface area contributed by atoms with Crippen molar-refractivity contribution in [2.24, 2.45) is 0 Å². The molecule has 1 fully saturated rings. The van der Waals surface area contributed by atoms with E-state index in [0.717, 1.165) is 18.8 Å². The Labute approximate surface area is 146 Å². The van der Waals surface area contributed by atoms with Gasteiger partial charge in [-0.05, 0) is 26.7 Å². The lowest BCUT2D eigenvalue weighted by Crippen LogP contribution is -2.29. The molecule has 0 unspecified atom stereocenters. The zero-order valence-corrected chi connectivity index (χ0v) is 15.1. The van der Waals surface area contributed by atoms with Crippen LogP contribution in [0.25, 0.3) is 0 Å². The van der Waals surface area contributed by atoms with Gasteiger partial charge in [0.1, 0.15) is 10.6 Å². The molecule has 1 aliphatic heterocycles. The van der Waals surface area contributed by atoms with Crippen molar-refractivity contribution in [3.63, 3.8) is 0 Å². The maximum Gasteiger partial charge on any atom is 0.246 e. The number of aryl methyl sites for hydroxylation is 2. The molecular weight excluding hydrogens is 344 g/mol. The number of nitrogens with zero attached hydrogens (tertiary/aromatic N) is 4. The van der Waals surface area contributed by atoms with Crippen LogP contribution in [0.1, 0.15) is 24.3 Å². The Bertz CT molecular complexity index is 810. The molecule has 2 N–H and O–H groups in total. The summed E-state index contributed by atoms with van der Waals surface area (Å²) in [7, 11) is -3.64. The van der Waals surface area contributed by atoms with Gasteiger partial charge >= 0.3 is 0 Å². The second-order valence-corrected chi connectivity index (χ2v) is 7.67. The SMILES string of the molecule is Cc1noc(C)c1S(=O)(=O)NCCNc1cc(N2CCCC2)cnn1. The van der Waals surface area contributed by atoms with Gasteiger partial charge in [0.15, 0.2) is 11.6 Å². The highest BCUT2D eigenvalue weighted by atomic mass is 32.2. The molecule has 0 spiro atoms. The zero-order valence-electron chi connectivity index (χ0n) is 14.3. The van der Waals surface area contributed by atoms with E-state index < -0.39 is 10.0 Å². The molecule has 2 aromatic heterocycles. The largest absolute Gasteiger partial charge is 0.370 e. The average molecular weight is 366 g/mol. The molecule has 10 heteroatoms. The lowest BCUT2D eigenvalue weighted by Gasteiger charge is -2.17. The minimum Gasteiger partial charge on any atom is -0.370 e. The Kier molecular flexibility index (Phi) is 5.19. The van der Waals surface area contributed by atoms with Crippen molar-refractivity contribution in [2.75, 3.05) is 36.4 Å². The minimum atomic E-state index is -3.64. The quantitative estimate of drug-likeness (QED) is 0.700. The number of aromatic nitrogens is 3. The summed E-state index contributed by atoms with van der Waals surface area (Å²) in [5, 5.41) is 14.8. The fourth-order valence-electron chi connectivity index (χ4n) is 2.90. The monoisotopic (exact) mass is 366 g/mol. The van der Waals surface area contributed by atoms with Crippen LogP contribution < -0.4 is 14.9 Å². The third kappa shape index (κ3) is 4.07. The Hall–Kier alpha value is -2.20. The van der Waals surface area contributed by atoms with E-state index in [9.17, 15) is 8.42 Å². The van der Waals surface area contributed by atoms with Crippen LogP contribution in [-0.2, 0) is 10.0 Å². The molecule has 1 aliphatic rings. The summed E-state index contributed by atoms with van der Waals surface area (Å²) in [5.74, 6) is 0.906. The highest BCUT2D eigenvalue weighted by Gasteiger charge is 2.23. The Morgan fingerprint density at radius 2 is 2.00 bits per heavy atom. The zero-order chi connectivity index (χ0) is 17.9. The van der Waals surface area contributed by atoms with E-state index in [1.807, 2.05) is 6.07 Å². The number of rotatable bonds is 7. The van der Waals surface area contributed by atoms with Crippen LogP contribution in [0.15, 0.2) is 21.7 Å². The van der Waals surface area contributed by atoms with Gasteiger partial charge in [0.2, 0.25) is 10.0 Å². The van der Waals surface area contributed by atoms with Gasteiger partial charge in [-0.3, -0.25) is 0 Å². The first kappa shape index (κ1) is 17.6. The Morgan fingerprint density at radius 3 is 2.68 bits per heavy atom. The predicted molar refractivity (Wildman–Crippen MR) is 93.1 cm³/mol. The minimum absolute atomic E-state index is 0.100. The van der Waals surface area contributed by atoms with Crippen molar-refractivity contribution >= 4 is 21.5 Å². The third-order valence-corrected chi connectivity index (χ3v) is 5.78. The van der Waals surface area contributed by atoms with Gasteiger partial charge in [-0.1, -0.05) is 5.16 Å². The molecule has 0 aromatic carbocycles. The molecule has 0 saturated carbocycles. The molecule has 25 heavy (non-hydrogen) atoms. The highest BCUT2D eigenvalue weighted by Crippen LogP contribution is 2.21. The molecule has 2 aromatic rings. The summed E-state index contributed by atoms with van der Waals surface area (Å²) < 4.78 is 32.0. The van der Waals surface area contributed by atoms with Crippen molar-refractivity contribution in [3.8, 4) is 0 Å². The number of nitrogens with one attached hydrogen (secondary N) is 2. The van der Waals surface area contributed by atoms with Gasteiger partial charge in [0.25, 0.3) is 0 Å². The van der Waals surface area contributed by atoms with Crippen molar-refractivity contribution in [2.45, 2.75) is 31.6 Å². The van der Waals surface area contributed by atoms with Gasteiger partial charge in [-0.25, -0.2) is 13.1 Å². The molecular formula is C15H22N6O3S. The summed E-state index contributed by atoms with van der Waals surface area (Å²) >= 11 is 0. The summed E-state index contributed by atoms with van der Waals surface area (Å²) in [6.07, 6.45) is 4.12. The first-order chi connectivity index (χ1) is 12.0. The van der Waals surface area contributed by atoms with E-state index in [2.05, 4.69) is 30.3 Å². The summed E-state index contributed by atoms with van der Waals surface area (Å²) in [4.78, 5) is 2.36. The van der Waals surface area contributed by atoms with Crippen LogP contribution in [0, 0.1) is 13.8 Å². The molecule has 0 amide bonds. The van der Waals surface area contributed by atoms with Gasteiger partial charge in [-0.15, -0.1) is 5.10 Å². The van der Waals surface area contributed by atoms with E-state index in [1.165, 1.54) is 12.8 Å². The summed E-state index contributed by atoms with van der Waals surface area (Å²) in [6.45, 7) is 5.84. The lowest BCUT2D eigenvalue weighted by molar-refractivity contribution is 0.390. The fourth-order valence-corrected chi connectivity index (χ4v) is 4.25. The molecule has 0 atom stereocenters. The lowest BCUT2D eigenvalue weighted by atomic mass is 10.4. The van der Waals surface area contributed by atoms with Crippen molar-refractivity contribution < 1.29 is 12.9 Å². The normalized spacial score (nSPS) is 14.9. The number of hydrogen-bond donors (Lipinski definition) is 2. The summed E-state index contributed by atoms with van der Waals surface area (Å²) in [5.41, 5.74) is 1.38. The van der Waals surface area contributed by atoms with Crippen molar-refractivity contribution in [1.29, 1.82) is 0 Å². The van der Waals surface area contributed by atoms with Crippen LogP contribution in [0.3, 0.4) is 0 Å². The molecule has 3 rings (SSSR count). The van der Waals surface area contributed by atoms with E-state index in [1.54, 1.807) is 20.0 Å². The van der Waals surface area contributed by atoms with Crippen LogP contribution >= 0.6 is 0 Å². The van der Waals surface area contributed by atoms with Crippen LogP contribution in [0.2, 0.25) is 0 Å². The molecule has 0 aliphatic carbocycles. The Morgan fingerprint density at radius 1 is 1.24 bits per heavy atom. The van der Waals surface area contributed by atoms with Gasteiger partial charge < -0.3 is 14.7 Å². The number of anilines is 2. The average Bonchev–Trinajstić information content (AvgIpc) is 3.22. The fraction of sp³-hybridized carbons (Fsp3) is 0.533. The van der Waals surface area contributed by atoms with Crippen molar-refractivity contribution in [1.82, 2.24) is 20.1 Å². The van der Waals surface area contributed by atoms with E-state index in [0.29, 0.717) is 18.1 Å². The van der Waals surface area contributed by atoms with Gasteiger partial charge in [0, 0.05) is 32.2 Å². The van der Waals surface area contributed by atoms with E-state index in [-0.39, 0.29) is 17.2 Å². The number of sulfonamides is 1. The van der Waals surface area contributed by atoms with E-state index in [4.69, 9.17) is 4.52 Å². The first-order valence-corrected chi connectivity index (χ1v) is 9.70. The molecule has 136 valence electrons. The predicted octanol–water partition coefficient (Wildman–Crippen LogP) is 1.07. The van der Waals surface area contributed by atoms with Crippen LogP contribution in [0.5, 0.6) is 0 Å². The second-order valence-electron chi connectivity index (χ2n) is 5.97. The maximum atomic E-state index is 12.3. The maximum absolute atomic E-state index is 12.3. The standard InChI is InChI=1S/C15H22N6O3S/c1-11-15(12(2)24-20-11)25(22,23)18-6-5-16-14-9-13(10-17-19-14)21-7-3-4-8-21/h9-10,18H,3-8H2,1-2H3,(H,16,19). The van der Waals surface area contributed by atoms with E-state index >= 15 is 0 Å². The third-order valence-electron chi connectivity index (χ3n) is 4.07. The van der Waals surface area contributed by atoms with Crippen LogP contribution in [-0.4, -0.2) is 50.0 Å². The van der Waals surface area contributed by atoms with Crippen LogP contribution in [0.4, 0.5) is 11.5 Å². The van der Waals surface area contributed by atoms with Crippen molar-refractivity contribution in [3.05, 3.63) is 23.7 Å². The van der Waals surface area contributed by atoms with Gasteiger partial charge in [0.05, 0.1) is 11.9 Å². The smallest absolute Gasteiger partial charge is 0.246 e. The number of hydrogen-bond acceptors (Lipinski definition) is 8. The highest BCUT2D eigenvalue weighted by molar-refractivity contribution is 7.89. The Balaban J connectivity index is 1.54. The molecule has 3 heterocycles. The second kappa shape index (κ2) is 7.36. The molecule has 9 nitrogen and oxygen atoms in total.